The second kappa shape index (κ2) is 9.15. The number of alkyl carbamates (subject to hydrolysis) is 1. The van der Waals surface area contributed by atoms with E-state index >= 15 is 0 Å². The van der Waals surface area contributed by atoms with Gasteiger partial charge in [0.05, 0.1) is 6.61 Å². The second-order valence-corrected chi connectivity index (χ2v) is 6.13. The smallest absolute Gasteiger partial charge is 0.408 e. The summed E-state index contributed by atoms with van der Waals surface area (Å²) >= 11 is 0. The van der Waals surface area contributed by atoms with Crippen molar-refractivity contribution in [3.63, 3.8) is 0 Å². The topological polar surface area (TPSA) is 84.9 Å². The molecule has 0 radical (unpaired) electrons. The highest BCUT2D eigenvalue weighted by Crippen LogP contribution is 2.09. The van der Waals surface area contributed by atoms with Gasteiger partial charge >= 0.3 is 12.1 Å². The van der Waals surface area contributed by atoms with E-state index < -0.39 is 23.7 Å². The van der Waals surface area contributed by atoms with Gasteiger partial charge in [-0.05, 0) is 26.3 Å². The number of amides is 1. The molecule has 1 aromatic rings. The standard InChI is InChI=1S/C17H25NO5/c1-17(2,3)23-16(21)18-14(15(20)22-11-7-10-19)12-13-8-5-4-6-9-13/h4-6,8-9,14,19H,7,10-12H2,1-3H3,(H,18,21). The summed E-state index contributed by atoms with van der Waals surface area (Å²) in [6.45, 7) is 5.29. The quantitative estimate of drug-likeness (QED) is 0.592. The number of hydrogen-bond acceptors (Lipinski definition) is 5. The van der Waals surface area contributed by atoms with Crippen LogP contribution in [0.3, 0.4) is 0 Å². The van der Waals surface area contributed by atoms with Gasteiger partial charge in [-0.3, -0.25) is 0 Å². The molecule has 6 nitrogen and oxygen atoms in total. The average Bonchev–Trinajstić information content (AvgIpc) is 2.46. The van der Waals surface area contributed by atoms with Crippen LogP contribution >= 0.6 is 0 Å². The number of aliphatic hydroxyl groups excluding tert-OH is 1. The van der Waals surface area contributed by atoms with E-state index in [0.717, 1.165) is 5.56 Å². The molecule has 0 saturated heterocycles. The Hall–Kier alpha value is -2.08. The number of hydrogen-bond donors (Lipinski definition) is 2. The number of benzene rings is 1. The summed E-state index contributed by atoms with van der Waals surface area (Å²) in [6, 6.07) is 8.48. The van der Waals surface area contributed by atoms with Gasteiger partial charge < -0.3 is 19.9 Å². The van der Waals surface area contributed by atoms with Crippen molar-refractivity contribution in [2.45, 2.75) is 45.3 Å². The second-order valence-electron chi connectivity index (χ2n) is 6.13. The maximum absolute atomic E-state index is 12.1. The van der Waals surface area contributed by atoms with Crippen molar-refractivity contribution in [2.24, 2.45) is 0 Å². The Balaban J connectivity index is 2.71. The number of rotatable bonds is 7. The summed E-state index contributed by atoms with van der Waals surface area (Å²) in [5, 5.41) is 11.3. The Morgan fingerprint density at radius 3 is 2.43 bits per heavy atom. The zero-order valence-corrected chi connectivity index (χ0v) is 13.9. The largest absolute Gasteiger partial charge is 0.464 e. The lowest BCUT2D eigenvalue weighted by molar-refractivity contribution is -0.146. The lowest BCUT2D eigenvalue weighted by atomic mass is 10.1. The summed E-state index contributed by atoms with van der Waals surface area (Å²) in [4.78, 5) is 24.1. The van der Waals surface area contributed by atoms with E-state index in [-0.39, 0.29) is 13.2 Å². The van der Waals surface area contributed by atoms with Crippen LogP contribution in [0.2, 0.25) is 0 Å². The van der Waals surface area contributed by atoms with Gasteiger partial charge in [-0.1, -0.05) is 30.3 Å². The van der Waals surface area contributed by atoms with Gasteiger partial charge in [0.15, 0.2) is 0 Å². The third kappa shape index (κ3) is 8.21. The molecule has 0 aliphatic carbocycles. The predicted molar refractivity (Wildman–Crippen MR) is 86.0 cm³/mol. The summed E-state index contributed by atoms with van der Waals surface area (Å²) in [5.41, 5.74) is 0.245. The first kappa shape index (κ1) is 19.0. The highest BCUT2D eigenvalue weighted by Gasteiger charge is 2.25. The number of nitrogens with one attached hydrogen (secondary N) is 1. The minimum absolute atomic E-state index is 0.0594. The van der Waals surface area contributed by atoms with Crippen LogP contribution in [0, 0.1) is 0 Å². The van der Waals surface area contributed by atoms with Crippen LogP contribution < -0.4 is 5.32 Å². The van der Waals surface area contributed by atoms with Crippen molar-refractivity contribution in [1.29, 1.82) is 0 Å². The predicted octanol–water partition coefficient (Wildman–Crippen LogP) is 2.05. The first-order valence-electron chi connectivity index (χ1n) is 7.63. The number of ether oxygens (including phenoxy) is 2. The maximum atomic E-state index is 12.1. The van der Waals surface area contributed by atoms with E-state index in [1.807, 2.05) is 30.3 Å². The lowest BCUT2D eigenvalue weighted by Gasteiger charge is -2.23. The third-order valence-electron chi connectivity index (χ3n) is 2.80. The van der Waals surface area contributed by atoms with Gasteiger partial charge in [-0.15, -0.1) is 0 Å². The molecule has 1 unspecified atom stereocenters. The molecule has 1 atom stereocenters. The summed E-state index contributed by atoms with van der Waals surface area (Å²) in [6.07, 6.45) is -0.00796. The monoisotopic (exact) mass is 323 g/mol. The highest BCUT2D eigenvalue weighted by molar-refractivity contribution is 5.81. The van der Waals surface area contributed by atoms with E-state index in [4.69, 9.17) is 14.6 Å². The molecule has 0 heterocycles. The van der Waals surface area contributed by atoms with Gasteiger partial charge in [0.2, 0.25) is 0 Å². The molecule has 6 heteroatoms. The van der Waals surface area contributed by atoms with Gasteiger partial charge in [0.1, 0.15) is 11.6 Å². The van der Waals surface area contributed by atoms with Crippen LogP contribution in [0.5, 0.6) is 0 Å². The van der Waals surface area contributed by atoms with Crippen molar-refractivity contribution < 1.29 is 24.2 Å². The molecule has 23 heavy (non-hydrogen) atoms. The van der Waals surface area contributed by atoms with Crippen LogP contribution in [0.1, 0.15) is 32.8 Å². The Labute approximate surface area is 136 Å². The Kier molecular flexibility index (Phi) is 7.54. The van der Waals surface area contributed by atoms with Crippen LogP contribution in [0.25, 0.3) is 0 Å². The molecule has 0 bridgehead atoms. The minimum Gasteiger partial charge on any atom is -0.464 e. The zero-order chi connectivity index (χ0) is 17.3. The first-order valence-corrected chi connectivity index (χ1v) is 7.63. The van der Waals surface area contributed by atoms with Crippen molar-refractivity contribution in [3.8, 4) is 0 Å². The fourth-order valence-corrected chi connectivity index (χ4v) is 1.83. The molecular formula is C17H25NO5. The maximum Gasteiger partial charge on any atom is 0.408 e. The summed E-state index contributed by atoms with van der Waals surface area (Å²) in [7, 11) is 0. The average molecular weight is 323 g/mol. The molecule has 0 aromatic heterocycles. The fourth-order valence-electron chi connectivity index (χ4n) is 1.83. The van der Waals surface area contributed by atoms with Crippen molar-refractivity contribution in [2.75, 3.05) is 13.2 Å². The SMILES string of the molecule is CC(C)(C)OC(=O)NC(Cc1ccccc1)C(=O)OCCCO. The first-order chi connectivity index (χ1) is 10.8. The summed E-state index contributed by atoms with van der Waals surface area (Å²) in [5.74, 6) is -0.548. The van der Waals surface area contributed by atoms with E-state index in [2.05, 4.69) is 5.32 Å². The molecule has 1 amide bonds. The van der Waals surface area contributed by atoms with Crippen LogP contribution in [0.15, 0.2) is 30.3 Å². The highest BCUT2D eigenvalue weighted by atomic mass is 16.6. The van der Waals surface area contributed by atoms with E-state index in [9.17, 15) is 9.59 Å². The van der Waals surface area contributed by atoms with Gasteiger partial charge in [-0.2, -0.15) is 0 Å². The molecular weight excluding hydrogens is 298 g/mol. The number of esters is 1. The molecule has 0 fully saturated rings. The van der Waals surface area contributed by atoms with Crippen molar-refractivity contribution in [1.82, 2.24) is 5.32 Å². The number of carbonyl (C=O) groups excluding carboxylic acids is 2. The van der Waals surface area contributed by atoms with Crippen molar-refractivity contribution in [3.05, 3.63) is 35.9 Å². The summed E-state index contributed by atoms with van der Waals surface area (Å²) < 4.78 is 10.3. The van der Waals surface area contributed by atoms with E-state index in [1.54, 1.807) is 20.8 Å². The molecule has 0 spiro atoms. The lowest BCUT2D eigenvalue weighted by Crippen LogP contribution is -2.45. The Bertz CT molecular complexity index is 495. The van der Waals surface area contributed by atoms with Gasteiger partial charge in [-0.25, -0.2) is 9.59 Å². The van der Waals surface area contributed by atoms with Crippen molar-refractivity contribution >= 4 is 12.1 Å². The third-order valence-corrected chi connectivity index (χ3v) is 2.80. The Morgan fingerprint density at radius 2 is 1.87 bits per heavy atom. The minimum atomic E-state index is -0.842. The molecule has 0 saturated carbocycles. The molecule has 0 aliphatic heterocycles. The molecule has 2 N–H and O–H groups in total. The normalized spacial score (nSPS) is 12.3. The molecule has 1 aromatic carbocycles. The molecule has 1 rings (SSSR count). The van der Waals surface area contributed by atoms with E-state index in [1.165, 1.54) is 0 Å². The fraction of sp³-hybridized carbons (Fsp3) is 0.529. The van der Waals surface area contributed by atoms with Crippen LogP contribution in [-0.2, 0) is 20.7 Å². The molecule has 0 aliphatic rings. The van der Waals surface area contributed by atoms with E-state index in [0.29, 0.717) is 12.8 Å². The zero-order valence-electron chi connectivity index (χ0n) is 13.9. The van der Waals surface area contributed by atoms with Gasteiger partial charge in [0, 0.05) is 19.4 Å². The van der Waals surface area contributed by atoms with Crippen LogP contribution in [-0.4, -0.2) is 42.0 Å². The number of carbonyl (C=O) groups is 2. The number of aliphatic hydroxyl groups is 1. The van der Waals surface area contributed by atoms with Crippen LogP contribution in [0.4, 0.5) is 4.79 Å². The van der Waals surface area contributed by atoms with Gasteiger partial charge in [0.25, 0.3) is 0 Å². The Morgan fingerprint density at radius 1 is 1.22 bits per heavy atom. The molecule has 128 valence electrons.